The summed E-state index contributed by atoms with van der Waals surface area (Å²) in [4.78, 5) is 30.0. The summed E-state index contributed by atoms with van der Waals surface area (Å²) in [6.45, 7) is 8.38. The van der Waals surface area contributed by atoms with Crippen molar-refractivity contribution >= 4 is 11.6 Å². The molecule has 0 bridgehead atoms. The zero-order valence-corrected chi connectivity index (χ0v) is 17.5. The number of aryl methyl sites for hydroxylation is 3. The van der Waals surface area contributed by atoms with Gasteiger partial charge in [0.1, 0.15) is 5.56 Å². The highest BCUT2D eigenvalue weighted by atomic mass is 16.2. The molecule has 1 N–H and O–H groups in total. The number of amides is 1. The van der Waals surface area contributed by atoms with Crippen LogP contribution in [-0.4, -0.2) is 15.5 Å². The maximum Gasteiger partial charge on any atom is 0.261 e. The number of hydrogen-bond acceptors (Lipinski definition) is 3. The lowest BCUT2D eigenvalue weighted by Gasteiger charge is -2.19. The van der Waals surface area contributed by atoms with Gasteiger partial charge in [-0.1, -0.05) is 38.1 Å². The van der Waals surface area contributed by atoms with Gasteiger partial charge in [0, 0.05) is 42.1 Å². The van der Waals surface area contributed by atoms with Crippen molar-refractivity contribution in [3.8, 4) is 0 Å². The summed E-state index contributed by atoms with van der Waals surface area (Å²) in [6.07, 6.45) is 5.13. The van der Waals surface area contributed by atoms with E-state index in [4.69, 9.17) is 0 Å². The van der Waals surface area contributed by atoms with Crippen LogP contribution in [0.1, 0.15) is 52.3 Å². The lowest BCUT2D eigenvalue weighted by molar-refractivity contribution is 0.102. The summed E-state index contributed by atoms with van der Waals surface area (Å²) in [7, 11) is 0. The van der Waals surface area contributed by atoms with Crippen molar-refractivity contribution in [2.45, 2.75) is 47.1 Å². The third kappa shape index (κ3) is 4.29. The highest BCUT2D eigenvalue weighted by molar-refractivity contribution is 6.05. The van der Waals surface area contributed by atoms with Crippen LogP contribution in [0.3, 0.4) is 0 Å². The molecule has 0 aliphatic heterocycles. The van der Waals surface area contributed by atoms with Gasteiger partial charge in [-0.25, -0.2) is 0 Å². The number of rotatable bonds is 6. The summed E-state index contributed by atoms with van der Waals surface area (Å²) in [5, 5.41) is 3.02. The van der Waals surface area contributed by atoms with E-state index in [9.17, 15) is 9.59 Å². The third-order valence-electron chi connectivity index (χ3n) is 5.31. The smallest absolute Gasteiger partial charge is 0.261 e. The van der Waals surface area contributed by atoms with Crippen molar-refractivity contribution in [2.75, 3.05) is 5.32 Å². The molecule has 3 aromatic rings. The predicted molar refractivity (Wildman–Crippen MR) is 117 cm³/mol. The average Bonchev–Trinajstić information content (AvgIpc) is 2.71. The second-order valence-corrected chi connectivity index (χ2v) is 7.17. The first-order valence-electron chi connectivity index (χ1n) is 9.98. The minimum Gasteiger partial charge on any atom is -0.344 e. The van der Waals surface area contributed by atoms with Crippen LogP contribution >= 0.6 is 0 Å². The van der Waals surface area contributed by atoms with Crippen LogP contribution in [0.25, 0.3) is 0 Å². The number of nitrogens with one attached hydrogen (secondary N) is 1. The fourth-order valence-electron chi connectivity index (χ4n) is 3.69. The lowest BCUT2D eigenvalue weighted by atomic mass is 10.0. The van der Waals surface area contributed by atoms with Gasteiger partial charge in [-0.2, -0.15) is 0 Å². The number of benzene rings is 1. The molecule has 150 valence electrons. The summed E-state index contributed by atoms with van der Waals surface area (Å²) in [5.74, 6) is -0.358. The molecule has 0 aliphatic rings. The Labute approximate surface area is 171 Å². The highest BCUT2D eigenvalue weighted by Crippen LogP contribution is 2.23. The minimum atomic E-state index is -0.358. The minimum absolute atomic E-state index is 0.187. The van der Waals surface area contributed by atoms with Crippen LogP contribution < -0.4 is 10.7 Å². The van der Waals surface area contributed by atoms with Crippen LogP contribution in [0.15, 0.2) is 53.6 Å². The Morgan fingerprint density at radius 3 is 2.34 bits per heavy atom. The van der Waals surface area contributed by atoms with Crippen molar-refractivity contribution in [2.24, 2.45) is 0 Å². The first-order valence-corrected chi connectivity index (χ1v) is 9.98. The van der Waals surface area contributed by atoms with E-state index in [-0.39, 0.29) is 16.9 Å². The maximum absolute atomic E-state index is 13.2. The zero-order chi connectivity index (χ0) is 21.0. The molecule has 29 heavy (non-hydrogen) atoms. The maximum atomic E-state index is 13.2. The molecule has 0 aliphatic carbocycles. The first-order chi connectivity index (χ1) is 14.0. The van der Waals surface area contributed by atoms with Crippen LogP contribution in [0, 0.1) is 13.8 Å². The van der Waals surface area contributed by atoms with E-state index in [1.807, 2.05) is 48.7 Å². The van der Waals surface area contributed by atoms with Gasteiger partial charge in [0.15, 0.2) is 5.43 Å². The molecule has 0 saturated carbocycles. The zero-order valence-electron chi connectivity index (χ0n) is 17.5. The van der Waals surface area contributed by atoms with E-state index in [2.05, 4.69) is 24.1 Å². The number of carbonyl (C=O) groups is 1. The van der Waals surface area contributed by atoms with Crippen molar-refractivity contribution in [3.05, 3.63) is 92.7 Å². The molecule has 0 saturated heterocycles. The summed E-state index contributed by atoms with van der Waals surface area (Å²) < 4.78 is 1.99. The molecule has 0 fully saturated rings. The Morgan fingerprint density at radius 1 is 1.07 bits per heavy atom. The standard InChI is InChI=1S/C24H27N3O2/c1-5-19-10-7-11-20(6-2)23(19)26-24(29)22-17(4)27(16(3)13-21(22)28)15-18-9-8-12-25-14-18/h7-14H,5-6,15H2,1-4H3,(H,26,29). The number of anilines is 1. The molecule has 1 aromatic carbocycles. The summed E-state index contributed by atoms with van der Waals surface area (Å²) >= 11 is 0. The van der Waals surface area contributed by atoms with Crippen LogP contribution in [-0.2, 0) is 19.4 Å². The largest absolute Gasteiger partial charge is 0.344 e. The van der Waals surface area contributed by atoms with Crippen LogP contribution in [0.2, 0.25) is 0 Å². The van der Waals surface area contributed by atoms with E-state index in [0.717, 1.165) is 40.9 Å². The Morgan fingerprint density at radius 2 is 1.76 bits per heavy atom. The number of aromatic nitrogens is 2. The molecule has 5 nitrogen and oxygen atoms in total. The number of hydrogen-bond donors (Lipinski definition) is 1. The quantitative estimate of drug-likeness (QED) is 0.684. The second-order valence-electron chi connectivity index (χ2n) is 7.17. The second kappa shape index (κ2) is 8.86. The highest BCUT2D eigenvalue weighted by Gasteiger charge is 2.19. The first kappa shape index (κ1) is 20.5. The fraction of sp³-hybridized carbons (Fsp3) is 0.292. The van der Waals surface area contributed by atoms with E-state index in [1.165, 1.54) is 6.07 Å². The van der Waals surface area contributed by atoms with Crippen molar-refractivity contribution in [3.63, 3.8) is 0 Å². The Bertz CT molecular complexity index is 1060. The Hall–Kier alpha value is -3.21. The van der Waals surface area contributed by atoms with Crippen molar-refractivity contribution < 1.29 is 4.79 Å². The topological polar surface area (TPSA) is 64.0 Å². The van der Waals surface area contributed by atoms with Crippen molar-refractivity contribution in [1.82, 2.24) is 9.55 Å². The van der Waals surface area contributed by atoms with E-state index in [1.54, 1.807) is 12.4 Å². The number of para-hydroxylation sites is 1. The van der Waals surface area contributed by atoms with E-state index >= 15 is 0 Å². The van der Waals surface area contributed by atoms with Gasteiger partial charge < -0.3 is 9.88 Å². The van der Waals surface area contributed by atoms with E-state index in [0.29, 0.717) is 12.2 Å². The van der Waals surface area contributed by atoms with Gasteiger partial charge in [-0.05, 0) is 49.4 Å². The van der Waals surface area contributed by atoms with Crippen molar-refractivity contribution in [1.29, 1.82) is 0 Å². The van der Waals surface area contributed by atoms with Gasteiger partial charge in [-0.15, -0.1) is 0 Å². The molecular weight excluding hydrogens is 362 g/mol. The van der Waals surface area contributed by atoms with Gasteiger partial charge >= 0.3 is 0 Å². The number of pyridine rings is 2. The van der Waals surface area contributed by atoms with Gasteiger partial charge in [0.2, 0.25) is 0 Å². The molecule has 2 aromatic heterocycles. The molecule has 0 spiro atoms. The molecule has 0 unspecified atom stereocenters. The molecule has 1 amide bonds. The Kier molecular flexibility index (Phi) is 6.27. The molecule has 0 radical (unpaired) electrons. The lowest BCUT2D eigenvalue weighted by Crippen LogP contribution is -2.28. The number of carbonyl (C=O) groups excluding carboxylic acids is 1. The third-order valence-corrected chi connectivity index (χ3v) is 5.31. The van der Waals surface area contributed by atoms with Gasteiger partial charge in [0.05, 0.1) is 0 Å². The number of nitrogens with zero attached hydrogens (tertiary/aromatic N) is 2. The van der Waals surface area contributed by atoms with Gasteiger partial charge in [-0.3, -0.25) is 14.6 Å². The summed E-state index contributed by atoms with van der Waals surface area (Å²) in [5.41, 5.74) is 5.37. The van der Waals surface area contributed by atoms with Crippen LogP contribution in [0.4, 0.5) is 5.69 Å². The molecule has 5 heteroatoms. The molecule has 0 atom stereocenters. The predicted octanol–water partition coefficient (Wildman–Crippen LogP) is 4.29. The van der Waals surface area contributed by atoms with Gasteiger partial charge in [0.25, 0.3) is 5.91 Å². The Balaban J connectivity index is 2.02. The monoisotopic (exact) mass is 389 g/mol. The summed E-state index contributed by atoms with van der Waals surface area (Å²) in [6, 6.07) is 11.4. The molecular formula is C24H27N3O2. The SMILES string of the molecule is CCc1cccc(CC)c1NC(=O)c1c(C)n(Cc2cccnc2)c(C)cc1=O. The fourth-order valence-corrected chi connectivity index (χ4v) is 3.69. The normalized spacial score (nSPS) is 10.8. The average molecular weight is 389 g/mol. The van der Waals surface area contributed by atoms with Crippen LogP contribution in [0.5, 0.6) is 0 Å². The van der Waals surface area contributed by atoms with E-state index < -0.39 is 0 Å². The molecule has 3 rings (SSSR count). The molecule has 2 heterocycles.